The summed E-state index contributed by atoms with van der Waals surface area (Å²) in [5, 5.41) is 7.36. The highest BCUT2D eigenvalue weighted by Gasteiger charge is 2.27. The molecule has 0 fully saturated rings. The van der Waals surface area contributed by atoms with Crippen molar-refractivity contribution in [3.05, 3.63) is 29.8 Å². The number of hydrogen-bond donors (Lipinski definition) is 2. The Labute approximate surface area is 129 Å². The molecule has 1 aromatic carbocycles. The minimum Gasteiger partial charge on any atom is -0.493 e. The van der Waals surface area contributed by atoms with Crippen molar-refractivity contribution in [2.75, 3.05) is 6.61 Å². The van der Waals surface area contributed by atoms with Crippen LogP contribution in [0, 0.1) is 16.7 Å². The highest BCUT2D eigenvalue weighted by molar-refractivity contribution is 5.79. The maximum Gasteiger partial charge on any atom is 0.119 e. The molecule has 0 spiro atoms. The van der Waals surface area contributed by atoms with Gasteiger partial charge in [-0.25, -0.2) is 0 Å². The predicted octanol–water partition coefficient (Wildman–Crippen LogP) is 4.35. The van der Waals surface area contributed by atoms with Crippen LogP contribution >= 0.6 is 0 Å². The van der Waals surface area contributed by atoms with E-state index in [1.807, 2.05) is 19.1 Å². The van der Waals surface area contributed by atoms with Gasteiger partial charge in [-0.15, -0.1) is 0 Å². The average Bonchev–Trinajstić information content (AvgIpc) is 2.33. The Kier molecular flexibility index (Phi) is 5.43. The van der Waals surface area contributed by atoms with Crippen LogP contribution in [0.25, 0.3) is 0 Å². The van der Waals surface area contributed by atoms with Crippen LogP contribution in [0.2, 0.25) is 0 Å². The summed E-state index contributed by atoms with van der Waals surface area (Å²) in [6, 6.07) is 8.29. The van der Waals surface area contributed by atoms with E-state index in [0.29, 0.717) is 12.0 Å². The predicted molar refractivity (Wildman–Crippen MR) is 90.1 cm³/mol. The van der Waals surface area contributed by atoms with Crippen molar-refractivity contribution in [2.45, 2.75) is 53.4 Å². The molecule has 3 nitrogen and oxygen atoms in total. The van der Waals surface area contributed by atoms with Crippen LogP contribution in [-0.2, 0) is 5.41 Å². The van der Waals surface area contributed by atoms with E-state index in [2.05, 4.69) is 46.8 Å². The summed E-state index contributed by atoms with van der Waals surface area (Å²) in [6.07, 6.45) is 1.13. The van der Waals surface area contributed by atoms with Crippen molar-refractivity contribution in [2.24, 2.45) is 17.1 Å². The SMILES string of the molecule is CC(COc1ccc(C(C)(C)CC(C)(C)C)cc1)C(=N)N. The molecule has 21 heavy (non-hydrogen) atoms. The largest absolute Gasteiger partial charge is 0.493 e. The van der Waals surface area contributed by atoms with Gasteiger partial charge < -0.3 is 10.5 Å². The summed E-state index contributed by atoms with van der Waals surface area (Å²) in [4.78, 5) is 0. The molecule has 0 radical (unpaired) electrons. The molecule has 1 atom stereocenters. The Morgan fingerprint density at radius 2 is 1.67 bits per heavy atom. The van der Waals surface area contributed by atoms with Crippen LogP contribution in [0.15, 0.2) is 24.3 Å². The molecule has 0 saturated heterocycles. The van der Waals surface area contributed by atoms with Gasteiger partial charge in [0.05, 0.1) is 12.4 Å². The maximum atomic E-state index is 7.36. The van der Waals surface area contributed by atoms with Gasteiger partial charge in [0, 0.05) is 5.92 Å². The van der Waals surface area contributed by atoms with Crippen molar-refractivity contribution in [1.29, 1.82) is 5.41 Å². The second kappa shape index (κ2) is 6.50. The number of rotatable bonds is 6. The third-order valence-corrected chi connectivity index (χ3v) is 3.64. The molecular weight excluding hydrogens is 260 g/mol. The monoisotopic (exact) mass is 290 g/mol. The normalized spacial score (nSPS) is 13.8. The zero-order valence-corrected chi connectivity index (χ0v) is 14.3. The van der Waals surface area contributed by atoms with E-state index in [1.54, 1.807) is 0 Å². The van der Waals surface area contributed by atoms with E-state index in [9.17, 15) is 0 Å². The second-order valence-electron chi connectivity index (χ2n) is 7.81. The van der Waals surface area contributed by atoms with Crippen LogP contribution in [-0.4, -0.2) is 12.4 Å². The number of ether oxygens (including phenoxy) is 1. The molecule has 1 aromatic rings. The van der Waals surface area contributed by atoms with Gasteiger partial charge >= 0.3 is 0 Å². The first-order chi connectivity index (χ1) is 9.51. The lowest BCUT2D eigenvalue weighted by Crippen LogP contribution is -2.25. The fourth-order valence-corrected chi connectivity index (χ4v) is 2.74. The van der Waals surface area contributed by atoms with Gasteiger partial charge in [-0.2, -0.15) is 0 Å². The highest BCUT2D eigenvalue weighted by Crippen LogP contribution is 2.36. The maximum absolute atomic E-state index is 7.36. The molecule has 0 heterocycles. The molecule has 0 amide bonds. The molecule has 0 bridgehead atoms. The van der Waals surface area contributed by atoms with Crippen molar-refractivity contribution in [3.63, 3.8) is 0 Å². The van der Waals surface area contributed by atoms with Gasteiger partial charge in [0.25, 0.3) is 0 Å². The molecular formula is C18H30N2O. The topological polar surface area (TPSA) is 59.1 Å². The fraction of sp³-hybridized carbons (Fsp3) is 0.611. The molecule has 0 aliphatic carbocycles. The quantitative estimate of drug-likeness (QED) is 0.604. The average molecular weight is 290 g/mol. The number of nitrogens with two attached hydrogens (primary N) is 1. The highest BCUT2D eigenvalue weighted by atomic mass is 16.5. The van der Waals surface area contributed by atoms with E-state index in [1.165, 1.54) is 5.56 Å². The third-order valence-electron chi connectivity index (χ3n) is 3.64. The van der Waals surface area contributed by atoms with Gasteiger partial charge in [0.15, 0.2) is 0 Å². The Morgan fingerprint density at radius 3 is 2.10 bits per heavy atom. The second-order valence-corrected chi connectivity index (χ2v) is 7.81. The van der Waals surface area contributed by atoms with Crippen molar-refractivity contribution >= 4 is 5.84 Å². The first kappa shape index (κ1) is 17.5. The van der Waals surface area contributed by atoms with Crippen LogP contribution in [0.1, 0.15) is 53.5 Å². The summed E-state index contributed by atoms with van der Waals surface area (Å²) in [6.45, 7) is 13.7. The van der Waals surface area contributed by atoms with Gasteiger partial charge in [-0.1, -0.05) is 53.7 Å². The number of hydrogen-bond acceptors (Lipinski definition) is 2. The summed E-state index contributed by atoms with van der Waals surface area (Å²) in [5.41, 5.74) is 7.21. The Morgan fingerprint density at radius 1 is 1.14 bits per heavy atom. The summed E-state index contributed by atoms with van der Waals surface area (Å²) in [7, 11) is 0. The molecule has 3 N–H and O–H groups in total. The van der Waals surface area contributed by atoms with E-state index >= 15 is 0 Å². The lowest BCUT2D eigenvalue weighted by molar-refractivity contribution is 0.282. The molecule has 3 heteroatoms. The summed E-state index contributed by atoms with van der Waals surface area (Å²) < 4.78 is 5.68. The first-order valence-electron chi connectivity index (χ1n) is 7.58. The van der Waals surface area contributed by atoms with Crippen molar-refractivity contribution in [3.8, 4) is 5.75 Å². The number of benzene rings is 1. The van der Waals surface area contributed by atoms with Crippen molar-refractivity contribution < 1.29 is 4.74 Å². The van der Waals surface area contributed by atoms with Gasteiger partial charge in [-0.3, -0.25) is 5.41 Å². The Hall–Kier alpha value is -1.51. The lowest BCUT2D eigenvalue weighted by Gasteiger charge is -2.33. The van der Waals surface area contributed by atoms with Crippen LogP contribution in [0.3, 0.4) is 0 Å². The summed E-state index contributed by atoms with van der Waals surface area (Å²) >= 11 is 0. The molecule has 0 saturated carbocycles. The van der Waals surface area contributed by atoms with Gasteiger partial charge in [0.1, 0.15) is 5.75 Å². The van der Waals surface area contributed by atoms with Crippen LogP contribution < -0.4 is 10.5 Å². The number of amidine groups is 1. The fourth-order valence-electron chi connectivity index (χ4n) is 2.74. The zero-order valence-electron chi connectivity index (χ0n) is 14.3. The van der Waals surface area contributed by atoms with E-state index < -0.39 is 0 Å². The van der Waals surface area contributed by atoms with E-state index in [4.69, 9.17) is 15.9 Å². The number of nitrogens with one attached hydrogen (secondary N) is 1. The van der Waals surface area contributed by atoms with E-state index in [0.717, 1.165) is 12.2 Å². The van der Waals surface area contributed by atoms with Gasteiger partial charge in [-0.05, 0) is 34.9 Å². The zero-order chi connectivity index (χ0) is 16.3. The van der Waals surface area contributed by atoms with Crippen LogP contribution in [0.5, 0.6) is 5.75 Å². The third kappa shape index (κ3) is 5.78. The smallest absolute Gasteiger partial charge is 0.119 e. The van der Waals surface area contributed by atoms with E-state index in [-0.39, 0.29) is 17.2 Å². The first-order valence-corrected chi connectivity index (χ1v) is 7.58. The standard InChI is InChI=1S/C18H30N2O/c1-13(16(19)20)11-21-15-9-7-14(8-10-15)18(5,6)12-17(2,3)4/h7-10,13H,11-12H2,1-6H3,(H3,19,20). The molecule has 1 rings (SSSR count). The lowest BCUT2D eigenvalue weighted by atomic mass is 9.72. The van der Waals surface area contributed by atoms with Gasteiger partial charge in [0.2, 0.25) is 0 Å². The molecule has 0 aliphatic heterocycles. The van der Waals surface area contributed by atoms with Crippen molar-refractivity contribution in [1.82, 2.24) is 0 Å². The Balaban J connectivity index is 2.71. The van der Waals surface area contributed by atoms with Crippen LogP contribution in [0.4, 0.5) is 0 Å². The minimum absolute atomic E-state index is 0.0537. The summed E-state index contributed by atoms with van der Waals surface area (Å²) in [5.74, 6) is 0.943. The molecule has 0 aromatic heterocycles. The minimum atomic E-state index is -0.0537. The molecule has 1 unspecified atom stereocenters. The molecule has 0 aliphatic rings. The Bertz CT molecular complexity index is 469. The molecule has 118 valence electrons.